The van der Waals surface area contributed by atoms with E-state index in [1.165, 1.54) is 18.3 Å². The molecular formula is C18H12ClN3O4. The average molecular weight is 370 g/mol. The van der Waals surface area contributed by atoms with Crippen LogP contribution in [0.4, 0.5) is 5.69 Å². The molecule has 26 heavy (non-hydrogen) atoms. The molecule has 0 aliphatic rings. The van der Waals surface area contributed by atoms with Crippen molar-refractivity contribution in [1.82, 2.24) is 5.43 Å². The van der Waals surface area contributed by atoms with Crippen molar-refractivity contribution < 1.29 is 14.1 Å². The van der Waals surface area contributed by atoms with Gasteiger partial charge in [0.25, 0.3) is 11.6 Å². The number of nitro groups is 1. The van der Waals surface area contributed by atoms with Crippen LogP contribution in [0.25, 0.3) is 11.3 Å². The van der Waals surface area contributed by atoms with Crippen LogP contribution in [0.5, 0.6) is 0 Å². The summed E-state index contributed by atoms with van der Waals surface area (Å²) >= 11 is 5.94. The minimum atomic E-state index is -0.473. The Hall–Kier alpha value is -3.45. The Morgan fingerprint density at radius 2 is 1.96 bits per heavy atom. The maximum Gasteiger partial charge on any atom is 0.272 e. The van der Waals surface area contributed by atoms with Crippen molar-refractivity contribution in [2.24, 2.45) is 5.10 Å². The van der Waals surface area contributed by atoms with E-state index in [2.05, 4.69) is 10.5 Å². The van der Waals surface area contributed by atoms with Gasteiger partial charge in [-0.1, -0.05) is 35.9 Å². The molecule has 0 saturated heterocycles. The topological polar surface area (TPSA) is 97.7 Å². The molecule has 2 aromatic carbocycles. The summed E-state index contributed by atoms with van der Waals surface area (Å²) in [5.74, 6) is 0.385. The van der Waals surface area contributed by atoms with Crippen LogP contribution >= 0.6 is 11.6 Å². The number of nitrogens with one attached hydrogen (secondary N) is 1. The van der Waals surface area contributed by atoms with Gasteiger partial charge in [-0.05, 0) is 24.3 Å². The molecule has 1 aromatic heterocycles. The normalized spacial score (nSPS) is 10.8. The van der Waals surface area contributed by atoms with Gasteiger partial charge in [-0.2, -0.15) is 5.10 Å². The fraction of sp³-hybridized carbons (Fsp3) is 0. The maximum atomic E-state index is 12.0. The molecule has 8 heteroatoms. The first-order chi connectivity index (χ1) is 12.5. The first-order valence-corrected chi connectivity index (χ1v) is 7.85. The van der Waals surface area contributed by atoms with Crippen molar-refractivity contribution in [3.63, 3.8) is 0 Å². The summed E-state index contributed by atoms with van der Waals surface area (Å²) in [7, 11) is 0. The third-order valence-corrected chi connectivity index (χ3v) is 3.77. The van der Waals surface area contributed by atoms with Crippen LogP contribution in [0.1, 0.15) is 16.1 Å². The number of carbonyl (C=O) groups excluding carboxylic acids is 1. The van der Waals surface area contributed by atoms with Crippen LogP contribution in [0.3, 0.4) is 0 Å². The summed E-state index contributed by atoms with van der Waals surface area (Å²) in [6.07, 6.45) is 1.33. The van der Waals surface area contributed by atoms with Gasteiger partial charge in [-0.25, -0.2) is 5.43 Å². The smallest absolute Gasteiger partial charge is 0.272 e. The van der Waals surface area contributed by atoms with Crippen molar-refractivity contribution >= 4 is 29.4 Å². The molecule has 0 bridgehead atoms. The first kappa shape index (κ1) is 17.4. The van der Waals surface area contributed by atoms with Crippen molar-refractivity contribution in [3.05, 3.63) is 87.1 Å². The highest BCUT2D eigenvalue weighted by Crippen LogP contribution is 2.25. The molecule has 0 spiro atoms. The summed E-state index contributed by atoms with van der Waals surface area (Å²) in [5, 5.41) is 15.0. The fourth-order valence-electron chi connectivity index (χ4n) is 2.21. The highest BCUT2D eigenvalue weighted by Gasteiger charge is 2.10. The number of hydrogen-bond donors (Lipinski definition) is 1. The SMILES string of the molecule is O=C(N/N=C\c1ccc(-c2cccc([N+](=O)[O-])c2)o1)c1ccccc1Cl. The standard InChI is InChI=1S/C18H12ClN3O4/c19-16-7-2-1-6-15(16)18(23)21-20-11-14-8-9-17(26-14)12-4-3-5-13(10-12)22(24)25/h1-11H,(H,21,23)/b20-11-. The summed E-state index contributed by atoms with van der Waals surface area (Å²) in [4.78, 5) is 22.3. The highest BCUT2D eigenvalue weighted by atomic mass is 35.5. The molecule has 0 aliphatic heterocycles. The number of nitro benzene ring substituents is 1. The molecule has 1 heterocycles. The minimum absolute atomic E-state index is 0.0267. The second-order valence-electron chi connectivity index (χ2n) is 5.19. The van der Waals surface area contributed by atoms with E-state index in [1.54, 1.807) is 48.5 Å². The second-order valence-corrected chi connectivity index (χ2v) is 5.60. The molecule has 0 radical (unpaired) electrons. The Morgan fingerprint density at radius 3 is 2.73 bits per heavy atom. The van der Waals surface area contributed by atoms with E-state index in [9.17, 15) is 14.9 Å². The number of hydrogen-bond acceptors (Lipinski definition) is 5. The molecule has 0 atom stereocenters. The molecule has 1 amide bonds. The fourth-order valence-corrected chi connectivity index (χ4v) is 2.43. The average Bonchev–Trinajstić information content (AvgIpc) is 3.11. The predicted octanol–water partition coefficient (Wildman–Crippen LogP) is 4.27. The Morgan fingerprint density at radius 1 is 1.15 bits per heavy atom. The number of halogens is 1. The van der Waals surface area contributed by atoms with Gasteiger partial charge in [0.2, 0.25) is 0 Å². The molecule has 0 unspecified atom stereocenters. The molecule has 3 aromatic rings. The summed E-state index contributed by atoms with van der Waals surface area (Å²) in [6.45, 7) is 0. The zero-order chi connectivity index (χ0) is 18.5. The molecule has 0 fully saturated rings. The molecule has 0 aliphatic carbocycles. The van der Waals surface area contributed by atoms with Gasteiger partial charge in [0.15, 0.2) is 0 Å². The van der Waals surface area contributed by atoms with Crippen molar-refractivity contribution in [2.45, 2.75) is 0 Å². The quantitative estimate of drug-likeness (QED) is 0.412. The lowest BCUT2D eigenvalue weighted by Crippen LogP contribution is -2.17. The Labute approximate surface area is 153 Å². The van der Waals surface area contributed by atoms with Crippen molar-refractivity contribution in [3.8, 4) is 11.3 Å². The number of amides is 1. The largest absolute Gasteiger partial charge is 0.455 e. The van der Waals surface area contributed by atoms with Crippen LogP contribution in [0.15, 0.2) is 70.2 Å². The van der Waals surface area contributed by atoms with Crippen LogP contribution in [-0.2, 0) is 0 Å². The molecule has 3 rings (SSSR count). The summed E-state index contributed by atoms with van der Waals surface area (Å²) in [5.41, 5.74) is 3.21. The van der Waals surface area contributed by atoms with Crippen molar-refractivity contribution in [1.29, 1.82) is 0 Å². The lowest BCUT2D eigenvalue weighted by atomic mass is 10.1. The van der Waals surface area contributed by atoms with Gasteiger partial charge in [0.1, 0.15) is 11.5 Å². The van der Waals surface area contributed by atoms with E-state index in [0.717, 1.165) is 0 Å². The van der Waals surface area contributed by atoms with Crippen LogP contribution < -0.4 is 5.43 Å². The highest BCUT2D eigenvalue weighted by molar-refractivity contribution is 6.33. The van der Waals surface area contributed by atoms with Gasteiger partial charge >= 0.3 is 0 Å². The van der Waals surface area contributed by atoms with Crippen LogP contribution in [0, 0.1) is 10.1 Å². The van der Waals surface area contributed by atoms with E-state index in [-0.39, 0.29) is 5.69 Å². The number of furan rings is 1. The molecule has 7 nitrogen and oxygen atoms in total. The summed E-state index contributed by atoms with van der Waals surface area (Å²) in [6, 6.07) is 16.0. The first-order valence-electron chi connectivity index (χ1n) is 7.47. The van der Waals surface area contributed by atoms with E-state index < -0.39 is 10.8 Å². The number of rotatable bonds is 5. The lowest BCUT2D eigenvalue weighted by molar-refractivity contribution is -0.384. The van der Waals surface area contributed by atoms with Gasteiger partial charge in [-0.3, -0.25) is 14.9 Å². The predicted molar refractivity (Wildman–Crippen MR) is 97.3 cm³/mol. The second kappa shape index (κ2) is 7.62. The molecule has 0 saturated carbocycles. The lowest BCUT2D eigenvalue weighted by Gasteiger charge is -2.01. The van der Waals surface area contributed by atoms with E-state index in [0.29, 0.717) is 27.7 Å². The van der Waals surface area contributed by atoms with E-state index >= 15 is 0 Å². The molecule has 130 valence electrons. The maximum absolute atomic E-state index is 12.0. The van der Waals surface area contributed by atoms with Crippen LogP contribution in [-0.4, -0.2) is 17.0 Å². The minimum Gasteiger partial charge on any atom is -0.455 e. The van der Waals surface area contributed by atoms with Gasteiger partial charge < -0.3 is 4.42 Å². The Kier molecular flexibility index (Phi) is 5.09. The van der Waals surface area contributed by atoms with E-state index in [4.69, 9.17) is 16.0 Å². The number of hydrazone groups is 1. The third-order valence-electron chi connectivity index (χ3n) is 3.44. The zero-order valence-corrected chi connectivity index (χ0v) is 14.0. The van der Waals surface area contributed by atoms with Gasteiger partial charge in [-0.15, -0.1) is 0 Å². The molecule has 1 N–H and O–H groups in total. The van der Waals surface area contributed by atoms with Gasteiger partial charge in [0, 0.05) is 17.7 Å². The van der Waals surface area contributed by atoms with Crippen LogP contribution in [0.2, 0.25) is 5.02 Å². The number of benzene rings is 2. The van der Waals surface area contributed by atoms with E-state index in [1.807, 2.05) is 0 Å². The number of non-ortho nitro benzene ring substituents is 1. The number of carbonyl (C=O) groups is 1. The summed E-state index contributed by atoms with van der Waals surface area (Å²) < 4.78 is 5.57. The van der Waals surface area contributed by atoms with Gasteiger partial charge in [0.05, 0.1) is 21.7 Å². The Balaban J connectivity index is 1.70. The number of nitrogens with zero attached hydrogens (tertiary/aromatic N) is 2. The monoisotopic (exact) mass is 369 g/mol. The Bertz CT molecular complexity index is 997. The zero-order valence-electron chi connectivity index (χ0n) is 13.3. The third kappa shape index (κ3) is 3.96. The van der Waals surface area contributed by atoms with Crippen molar-refractivity contribution in [2.75, 3.05) is 0 Å². The molecular weight excluding hydrogens is 358 g/mol.